The lowest BCUT2D eigenvalue weighted by Crippen LogP contribution is -2.50. The molecule has 36 heavy (non-hydrogen) atoms. The Kier molecular flexibility index (Phi) is 10.8. The summed E-state index contributed by atoms with van der Waals surface area (Å²) >= 11 is 0. The van der Waals surface area contributed by atoms with Crippen LogP contribution in [-0.4, -0.2) is 57.0 Å². The molecule has 2 aromatic heterocycles. The van der Waals surface area contributed by atoms with E-state index in [0.717, 1.165) is 11.1 Å². The van der Waals surface area contributed by atoms with Crippen LogP contribution in [0.4, 0.5) is 4.79 Å². The maximum atomic E-state index is 12.6. The number of nitrogens with two attached hydrogens (primary N) is 1. The van der Waals surface area contributed by atoms with Crippen molar-refractivity contribution in [3.05, 3.63) is 65.6 Å². The largest absolute Gasteiger partial charge is 0.445 e. The van der Waals surface area contributed by atoms with Crippen molar-refractivity contribution in [1.82, 2.24) is 25.2 Å². The number of alkyl carbamates (subject to hydrolysis) is 1. The van der Waals surface area contributed by atoms with Crippen LogP contribution in [0, 0.1) is 0 Å². The SMILES string of the molecule is C.CC(C)(N)C(=O)N[C@H](COCc1ccccc1)c1nnc2cc(COC(=O)NCCCO)ccn12. The second-order valence-electron chi connectivity index (χ2n) is 8.65. The van der Waals surface area contributed by atoms with Gasteiger partial charge in [-0.3, -0.25) is 9.20 Å². The molecule has 0 aliphatic carbocycles. The van der Waals surface area contributed by atoms with Crippen molar-refractivity contribution in [2.75, 3.05) is 19.8 Å². The van der Waals surface area contributed by atoms with Crippen LogP contribution >= 0.6 is 0 Å². The predicted molar refractivity (Wildman–Crippen MR) is 135 cm³/mol. The number of aromatic nitrogens is 3. The first-order valence-corrected chi connectivity index (χ1v) is 11.3. The maximum Gasteiger partial charge on any atom is 0.407 e. The number of rotatable bonds is 12. The van der Waals surface area contributed by atoms with E-state index in [1.165, 1.54) is 0 Å². The van der Waals surface area contributed by atoms with E-state index in [0.29, 0.717) is 31.0 Å². The summed E-state index contributed by atoms with van der Waals surface area (Å²) < 4.78 is 12.8. The molecule has 196 valence electrons. The highest BCUT2D eigenvalue weighted by molar-refractivity contribution is 5.85. The Hall–Kier alpha value is -3.54. The van der Waals surface area contributed by atoms with Crippen LogP contribution in [0.3, 0.4) is 0 Å². The zero-order valence-corrected chi connectivity index (χ0v) is 19.9. The molecule has 0 bridgehead atoms. The van der Waals surface area contributed by atoms with Crippen LogP contribution < -0.4 is 16.4 Å². The summed E-state index contributed by atoms with van der Waals surface area (Å²) in [6.07, 6.45) is 1.64. The van der Waals surface area contributed by atoms with Crippen LogP contribution in [0.2, 0.25) is 0 Å². The van der Waals surface area contributed by atoms with Gasteiger partial charge in [0.25, 0.3) is 0 Å². The number of nitrogens with one attached hydrogen (secondary N) is 2. The Bertz CT molecular complexity index is 1110. The van der Waals surface area contributed by atoms with E-state index in [-0.39, 0.29) is 33.2 Å². The van der Waals surface area contributed by atoms with Crippen LogP contribution in [0.1, 0.15) is 50.7 Å². The molecule has 0 fully saturated rings. The van der Waals surface area contributed by atoms with Gasteiger partial charge in [0.05, 0.1) is 18.8 Å². The predicted octanol–water partition coefficient (Wildman–Crippen LogP) is 2.09. The molecule has 0 unspecified atom stereocenters. The van der Waals surface area contributed by atoms with Crippen LogP contribution in [0.25, 0.3) is 5.65 Å². The molecule has 0 aliphatic rings. The number of aliphatic hydroxyl groups is 1. The molecule has 5 N–H and O–H groups in total. The highest BCUT2D eigenvalue weighted by Gasteiger charge is 2.28. The number of aliphatic hydroxyl groups excluding tert-OH is 1. The number of ether oxygens (including phenoxy) is 2. The maximum absolute atomic E-state index is 12.6. The van der Waals surface area contributed by atoms with Crippen molar-refractivity contribution in [1.29, 1.82) is 0 Å². The van der Waals surface area contributed by atoms with Crippen molar-refractivity contribution in [3.8, 4) is 0 Å². The third-order valence-corrected chi connectivity index (χ3v) is 5.07. The van der Waals surface area contributed by atoms with Gasteiger partial charge in [-0.15, -0.1) is 10.2 Å². The minimum absolute atomic E-state index is 0. The van der Waals surface area contributed by atoms with E-state index in [1.807, 2.05) is 30.3 Å². The third-order valence-electron chi connectivity index (χ3n) is 5.07. The fourth-order valence-corrected chi connectivity index (χ4v) is 3.14. The van der Waals surface area contributed by atoms with Gasteiger partial charge in [-0.05, 0) is 43.5 Å². The number of hydrogen-bond donors (Lipinski definition) is 4. The number of hydrogen-bond acceptors (Lipinski definition) is 8. The monoisotopic (exact) mass is 500 g/mol. The Morgan fingerprint density at radius 1 is 1.14 bits per heavy atom. The first kappa shape index (κ1) is 28.7. The zero-order chi connectivity index (χ0) is 25.3. The summed E-state index contributed by atoms with van der Waals surface area (Å²) in [5.41, 5.74) is 7.14. The first-order chi connectivity index (χ1) is 16.8. The number of nitrogens with zero attached hydrogens (tertiary/aromatic N) is 3. The minimum atomic E-state index is -1.08. The van der Waals surface area contributed by atoms with Gasteiger partial charge < -0.3 is 30.9 Å². The highest BCUT2D eigenvalue weighted by atomic mass is 16.5. The van der Waals surface area contributed by atoms with Gasteiger partial charge in [0.1, 0.15) is 12.6 Å². The molecule has 0 spiro atoms. The van der Waals surface area contributed by atoms with E-state index in [2.05, 4.69) is 20.8 Å². The summed E-state index contributed by atoms with van der Waals surface area (Å²) in [7, 11) is 0. The third kappa shape index (κ3) is 8.29. The molecular weight excluding hydrogens is 464 g/mol. The molecule has 3 rings (SSSR count). The Morgan fingerprint density at radius 2 is 1.89 bits per heavy atom. The summed E-state index contributed by atoms with van der Waals surface area (Å²) in [5.74, 6) is 0.139. The van der Waals surface area contributed by atoms with Gasteiger partial charge >= 0.3 is 6.09 Å². The van der Waals surface area contributed by atoms with Gasteiger partial charge in [0, 0.05) is 19.3 Å². The Morgan fingerprint density at radius 3 is 2.58 bits per heavy atom. The van der Waals surface area contributed by atoms with Crippen molar-refractivity contribution in [2.45, 2.75) is 52.5 Å². The molecule has 1 aromatic carbocycles. The molecular formula is C25H36N6O5. The lowest BCUT2D eigenvalue weighted by Gasteiger charge is -2.23. The summed E-state index contributed by atoms with van der Waals surface area (Å²) in [5, 5.41) is 22.7. The Balaban J connectivity index is 0.00000456. The number of carbonyl (C=O) groups excluding carboxylic acids is 2. The highest BCUT2D eigenvalue weighted by Crippen LogP contribution is 2.17. The molecule has 2 heterocycles. The average Bonchev–Trinajstić information content (AvgIpc) is 3.25. The van der Waals surface area contributed by atoms with Crippen LogP contribution in [0.5, 0.6) is 0 Å². The molecule has 0 aliphatic heterocycles. The fourth-order valence-electron chi connectivity index (χ4n) is 3.14. The van der Waals surface area contributed by atoms with E-state index in [9.17, 15) is 9.59 Å². The van der Waals surface area contributed by atoms with Crippen molar-refractivity contribution in [2.24, 2.45) is 5.73 Å². The lowest BCUT2D eigenvalue weighted by molar-refractivity contribution is -0.126. The topological polar surface area (TPSA) is 153 Å². The number of benzene rings is 1. The van der Waals surface area contributed by atoms with Gasteiger partial charge in [-0.25, -0.2) is 4.79 Å². The summed E-state index contributed by atoms with van der Waals surface area (Å²) in [6, 6.07) is 12.6. The molecule has 1 atom stereocenters. The molecule has 0 saturated heterocycles. The molecule has 0 saturated carbocycles. The standard InChI is InChI=1S/C24H32N6O5.CH4/c1-24(2,25)22(32)27-19(16-34-14-17-7-4-3-5-8-17)21-29-28-20-13-18(9-11-30(20)21)15-35-23(33)26-10-6-12-31;/h3-5,7-9,11,13,19,31H,6,10,12,14-16,25H2,1-2H3,(H,26,33)(H,27,32);1H4/t19-;/m1./s1. The van der Waals surface area contributed by atoms with Crippen LogP contribution in [-0.2, 0) is 27.5 Å². The minimum Gasteiger partial charge on any atom is -0.445 e. The van der Waals surface area contributed by atoms with Gasteiger partial charge in [-0.2, -0.15) is 0 Å². The van der Waals surface area contributed by atoms with Gasteiger partial charge in [-0.1, -0.05) is 37.8 Å². The van der Waals surface area contributed by atoms with Gasteiger partial charge in [0.15, 0.2) is 11.5 Å². The van der Waals surface area contributed by atoms with E-state index >= 15 is 0 Å². The normalized spacial score (nSPS) is 12.0. The van der Waals surface area contributed by atoms with E-state index < -0.39 is 17.7 Å². The van der Waals surface area contributed by atoms with E-state index in [1.54, 1.807) is 36.6 Å². The zero-order valence-electron chi connectivity index (χ0n) is 19.9. The average molecular weight is 501 g/mol. The lowest BCUT2D eigenvalue weighted by atomic mass is 10.1. The second kappa shape index (κ2) is 13.5. The van der Waals surface area contributed by atoms with Crippen molar-refractivity contribution >= 4 is 17.6 Å². The summed E-state index contributed by atoms with van der Waals surface area (Å²) in [4.78, 5) is 24.3. The molecule has 2 amide bonds. The number of fused-ring (bicyclic) bond motifs is 1. The number of pyridine rings is 1. The molecule has 11 heteroatoms. The van der Waals surface area contributed by atoms with Crippen molar-refractivity contribution in [3.63, 3.8) is 0 Å². The summed E-state index contributed by atoms with van der Waals surface area (Å²) in [6.45, 7) is 4.16. The quantitative estimate of drug-likeness (QED) is 0.276. The van der Waals surface area contributed by atoms with E-state index in [4.69, 9.17) is 20.3 Å². The molecule has 0 radical (unpaired) electrons. The molecule has 11 nitrogen and oxygen atoms in total. The van der Waals surface area contributed by atoms with Crippen LogP contribution in [0.15, 0.2) is 48.7 Å². The number of amides is 2. The van der Waals surface area contributed by atoms with Crippen molar-refractivity contribution < 1.29 is 24.2 Å². The fraction of sp³-hybridized carbons (Fsp3) is 0.440. The Labute approximate surface area is 211 Å². The first-order valence-electron chi connectivity index (χ1n) is 11.3. The second-order valence-corrected chi connectivity index (χ2v) is 8.65. The van der Waals surface area contributed by atoms with Gasteiger partial charge in [0.2, 0.25) is 5.91 Å². The molecule has 3 aromatic rings. The number of carbonyl (C=O) groups is 2. The smallest absolute Gasteiger partial charge is 0.407 e.